The van der Waals surface area contributed by atoms with Gasteiger partial charge in [-0.3, -0.25) is 8.37 Å². The third-order valence-electron chi connectivity index (χ3n) is 4.48. The molecule has 0 aromatic heterocycles. The first-order chi connectivity index (χ1) is 14.5. The van der Waals surface area contributed by atoms with Crippen molar-refractivity contribution in [3.8, 4) is 0 Å². The van der Waals surface area contributed by atoms with Crippen LogP contribution in [0.25, 0.3) is 0 Å². The van der Waals surface area contributed by atoms with E-state index in [1.165, 1.54) is 0 Å². The normalized spacial score (nSPS) is 12.7. The number of carbonyl (C=O) groups is 2. The zero-order valence-corrected chi connectivity index (χ0v) is 20.4. The van der Waals surface area contributed by atoms with Crippen molar-refractivity contribution in [2.45, 2.75) is 38.8 Å². The van der Waals surface area contributed by atoms with Crippen LogP contribution in [-0.2, 0) is 39.7 Å². The second-order valence-corrected chi connectivity index (χ2v) is 11.3. The van der Waals surface area contributed by atoms with Gasteiger partial charge in [-0.2, -0.15) is 16.8 Å². The van der Waals surface area contributed by atoms with E-state index in [1.807, 2.05) is 0 Å². The minimum absolute atomic E-state index is 0.678. The lowest BCUT2D eigenvalue weighted by Crippen LogP contribution is -2.49. The monoisotopic (exact) mass is 494 g/mol. The van der Waals surface area contributed by atoms with Crippen molar-refractivity contribution < 1.29 is 34.8 Å². The highest BCUT2D eigenvalue weighted by Gasteiger charge is 2.28. The maximum absolute atomic E-state index is 12.1. The van der Waals surface area contributed by atoms with Gasteiger partial charge in [-0.25, -0.2) is 9.59 Å². The molecular weight excluding hydrogens is 464 g/mol. The highest BCUT2D eigenvalue weighted by Crippen LogP contribution is 2.26. The molecule has 0 spiro atoms. The molecule has 4 N–H and O–H groups in total. The molecule has 0 bridgehead atoms. The number of hydrogen-bond acceptors (Lipinski definition) is 8. The molecule has 14 heteroatoms. The molecule has 1 aromatic carbocycles. The summed E-state index contributed by atoms with van der Waals surface area (Å²) >= 11 is 0. The van der Waals surface area contributed by atoms with E-state index < -0.39 is 55.1 Å². The molecule has 182 valence electrons. The molecule has 1 aromatic rings. The Morgan fingerprint density at radius 1 is 0.781 bits per heavy atom. The Hall–Kier alpha value is -2.42. The van der Waals surface area contributed by atoms with Gasteiger partial charge in [0.15, 0.2) is 0 Å². The molecular formula is C18H30N4O8S2. The largest absolute Gasteiger partial charge is 0.329 e. The van der Waals surface area contributed by atoms with Crippen molar-refractivity contribution >= 4 is 32.3 Å². The van der Waals surface area contributed by atoms with Gasteiger partial charge in [-0.1, -0.05) is 24.3 Å². The van der Waals surface area contributed by atoms with E-state index in [2.05, 4.69) is 29.6 Å². The van der Waals surface area contributed by atoms with Crippen molar-refractivity contribution in [2.75, 3.05) is 26.0 Å². The van der Waals surface area contributed by atoms with Crippen molar-refractivity contribution in [3.05, 3.63) is 35.4 Å². The summed E-state index contributed by atoms with van der Waals surface area (Å²) in [5.74, 6) is -1.37. The van der Waals surface area contributed by atoms with Crippen molar-refractivity contribution in [3.63, 3.8) is 0 Å². The van der Waals surface area contributed by atoms with Crippen LogP contribution in [0, 0.1) is 0 Å². The summed E-state index contributed by atoms with van der Waals surface area (Å²) in [7, 11) is -5.71. The summed E-state index contributed by atoms with van der Waals surface area (Å²) in [4.78, 5) is 24.3. The van der Waals surface area contributed by atoms with E-state index >= 15 is 0 Å². The van der Waals surface area contributed by atoms with Gasteiger partial charge in [0, 0.05) is 0 Å². The molecule has 0 saturated carbocycles. The number of amides is 4. The number of hydrogen-bond donors (Lipinski definition) is 4. The second-order valence-electron chi connectivity index (χ2n) is 7.83. The van der Waals surface area contributed by atoms with Gasteiger partial charge < -0.3 is 21.3 Å². The third kappa shape index (κ3) is 8.61. The Balaban J connectivity index is 2.91. The summed E-state index contributed by atoms with van der Waals surface area (Å²) in [6.45, 7) is 6.89. The molecule has 0 atom stereocenters. The lowest BCUT2D eigenvalue weighted by atomic mass is 9.87. The average molecular weight is 495 g/mol. The summed E-state index contributed by atoms with van der Waals surface area (Å²) < 4.78 is 54.0. The summed E-state index contributed by atoms with van der Waals surface area (Å²) in [6.07, 6.45) is 0. The Morgan fingerprint density at radius 3 is 1.44 bits per heavy atom. The molecule has 0 fully saturated rings. The zero-order valence-electron chi connectivity index (χ0n) is 18.8. The van der Waals surface area contributed by atoms with E-state index in [9.17, 15) is 26.4 Å². The lowest BCUT2D eigenvalue weighted by Gasteiger charge is -2.31. The van der Waals surface area contributed by atoms with Crippen LogP contribution in [0.3, 0.4) is 0 Å². The molecule has 0 aliphatic rings. The van der Waals surface area contributed by atoms with Gasteiger partial charge in [0.25, 0.3) is 20.2 Å². The molecule has 0 heterocycles. The lowest BCUT2D eigenvalue weighted by molar-refractivity contribution is 0.231. The van der Waals surface area contributed by atoms with Crippen LogP contribution < -0.4 is 21.3 Å². The number of rotatable bonds is 10. The standard InChI is InChI=1S/C18H30N4O8S2/c1-17(2,21-15(23)19-11-31(25,26)29-5)13-8-7-9-14(10-13)18(3,4)22-16(24)20-12-32(27,28)30-6/h7-10H,11-12H2,1-6H3,(H2,19,21,23)(H2,20,22,24). The van der Waals surface area contributed by atoms with Crippen LogP contribution in [0.1, 0.15) is 38.8 Å². The first-order valence-electron chi connectivity index (χ1n) is 9.33. The molecule has 0 aliphatic carbocycles. The van der Waals surface area contributed by atoms with Crippen LogP contribution >= 0.6 is 0 Å². The molecule has 12 nitrogen and oxygen atoms in total. The molecule has 0 aliphatic heterocycles. The minimum atomic E-state index is -3.85. The highest BCUT2D eigenvalue weighted by atomic mass is 32.2. The first-order valence-corrected chi connectivity index (χ1v) is 12.5. The van der Waals surface area contributed by atoms with E-state index in [1.54, 1.807) is 52.0 Å². The minimum Gasteiger partial charge on any atom is -0.329 e. The molecule has 4 amide bonds. The van der Waals surface area contributed by atoms with E-state index in [0.29, 0.717) is 11.1 Å². The summed E-state index contributed by atoms with van der Waals surface area (Å²) in [5, 5.41) is 9.79. The Kier molecular flexibility index (Phi) is 9.03. The van der Waals surface area contributed by atoms with Crippen LogP contribution in [0.15, 0.2) is 24.3 Å². The van der Waals surface area contributed by atoms with Crippen LogP contribution in [0.5, 0.6) is 0 Å². The highest BCUT2D eigenvalue weighted by molar-refractivity contribution is 7.86. The maximum atomic E-state index is 12.1. The molecule has 0 unspecified atom stereocenters. The van der Waals surface area contributed by atoms with Crippen LogP contribution in [0.2, 0.25) is 0 Å². The Labute approximate surface area is 188 Å². The molecule has 1 rings (SSSR count). The summed E-state index contributed by atoms with van der Waals surface area (Å²) in [5.41, 5.74) is -0.446. The van der Waals surface area contributed by atoms with Crippen LogP contribution in [-0.4, -0.2) is 54.9 Å². The number of nitrogens with one attached hydrogen (secondary N) is 4. The Morgan fingerprint density at radius 2 is 1.12 bits per heavy atom. The number of urea groups is 2. The third-order valence-corrected chi connectivity index (χ3v) is 6.50. The predicted molar refractivity (Wildman–Crippen MR) is 117 cm³/mol. The maximum Gasteiger partial charge on any atom is 0.316 e. The van der Waals surface area contributed by atoms with Gasteiger partial charge >= 0.3 is 12.1 Å². The predicted octanol–water partition coefficient (Wildman–Crippen LogP) is 0.623. The Bertz CT molecular complexity index is 958. The van der Waals surface area contributed by atoms with Crippen molar-refractivity contribution in [1.29, 1.82) is 0 Å². The smallest absolute Gasteiger partial charge is 0.316 e. The van der Waals surface area contributed by atoms with Crippen molar-refractivity contribution in [2.24, 2.45) is 0 Å². The van der Waals surface area contributed by atoms with Gasteiger partial charge in [0.1, 0.15) is 11.8 Å². The molecule has 32 heavy (non-hydrogen) atoms. The molecule has 0 saturated heterocycles. The fraction of sp³-hybridized carbons (Fsp3) is 0.556. The van der Waals surface area contributed by atoms with Crippen molar-refractivity contribution in [1.82, 2.24) is 21.3 Å². The first kappa shape index (κ1) is 27.6. The van der Waals surface area contributed by atoms with E-state index in [4.69, 9.17) is 0 Å². The molecule has 0 radical (unpaired) electrons. The SMILES string of the molecule is COS(=O)(=O)CNC(=O)NC(C)(C)c1cccc(C(C)(C)NC(=O)NCS(=O)(=O)OC)c1. The number of benzene rings is 1. The second kappa shape index (κ2) is 10.5. The fourth-order valence-electron chi connectivity index (χ4n) is 2.52. The quantitative estimate of drug-likeness (QED) is 0.343. The fourth-order valence-corrected chi connectivity index (χ4v) is 3.37. The van der Waals surface area contributed by atoms with Gasteiger partial charge in [0.2, 0.25) is 0 Å². The average Bonchev–Trinajstić information content (AvgIpc) is 2.70. The zero-order chi connectivity index (χ0) is 24.8. The van der Waals surface area contributed by atoms with Gasteiger partial charge in [0.05, 0.1) is 25.3 Å². The number of carbonyl (C=O) groups excluding carboxylic acids is 2. The van der Waals surface area contributed by atoms with E-state index in [0.717, 1.165) is 14.2 Å². The summed E-state index contributed by atoms with van der Waals surface area (Å²) in [6, 6.07) is 5.60. The van der Waals surface area contributed by atoms with E-state index in [-0.39, 0.29) is 0 Å². The van der Waals surface area contributed by atoms with Crippen LogP contribution in [0.4, 0.5) is 9.59 Å². The topological polar surface area (TPSA) is 169 Å². The van der Waals surface area contributed by atoms with Gasteiger partial charge in [-0.05, 0) is 38.8 Å². The van der Waals surface area contributed by atoms with Gasteiger partial charge in [-0.15, -0.1) is 0 Å².